The summed E-state index contributed by atoms with van der Waals surface area (Å²) >= 11 is 0. The number of esters is 2. The molecule has 1 heterocycles. The predicted molar refractivity (Wildman–Crippen MR) is 81.8 cm³/mol. The lowest BCUT2D eigenvalue weighted by Crippen LogP contribution is -2.48. The molecule has 4 nitrogen and oxygen atoms in total. The van der Waals surface area contributed by atoms with Crippen LogP contribution in [0.4, 0.5) is 0 Å². The third-order valence-electron chi connectivity index (χ3n) is 8.59. The number of fused-ring (bicyclic) bond motifs is 9. The summed E-state index contributed by atoms with van der Waals surface area (Å²) in [6, 6.07) is 0. The average Bonchev–Trinajstić information content (AvgIpc) is 3.19. The van der Waals surface area contributed by atoms with Gasteiger partial charge in [-0.05, 0) is 73.5 Å². The highest BCUT2D eigenvalue weighted by Crippen LogP contribution is 2.73. The van der Waals surface area contributed by atoms with Gasteiger partial charge in [0.2, 0.25) is 0 Å². The highest BCUT2D eigenvalue weighted by molar-refractivity contribution is 5.96. The summed E-state index contributed by atoms with van der Waals surface area (Å²) in [5.41, 5.74) is -0.526. The maximum Gasteiger partial charge on any atom is 0.317 e. The van der Waals surface area contributed by atoms with Crippen molar-refractivity contribution in [2.75, 3.05) is 0 Å². The highest BCUT2D eigenvalue weighted by Gasteiger charge is 2.70. The molecule has 0 aromatic rings. The molecule has 5 rings (SSSR count). The number of ether oxygens (including phenoxy) is 1. The second-order valence-corrected chi connectivity index (χ2v) is 9.37. The van der Waals surface area contributed by atoms with Gasteiger partial charge in [-0.25, -0.2) is 0 Å². The molecule has 23 heavy (non-hydrogen) atoms. The molecular weight excluding hydrogens is 292 g/mol. The lowest BCUT2D eigenvalue weighted by Gasteiger charge is -2.47. The van der Waals surface area contributed by atoms with Gasteiger partial charge in [-0.1, -0.05) is 13.8 Å². The van der Waals surface area contributed by atoms with E-state index in [0.29, 0.717) is 35.5 Å². The van der Waals surface area contributed by atoms with Gasteiger partial charge in [0.05, 0.1) is 17.4 Å². The van der Waals surface area contributed by atoms with Crippen LogP contribution in [0.15, 0.2) is 0 Å². The molecule has 0 radical (unpaired) electrons. The molecule has 1 N–H and O–H groups in total. The summed E-state index contributed by atoms with van der Waals surface area (Å²) < 4.78 is 4.94. The number of rotatable bonds is 1. The fraction of sp³-hybridized carbons (Fsp3) is 0.895. The summed E-state index contributed by atoms with van der Waals surface area (Å²) in [6.45, 7) is 6.15. The van der Waals surface area contributed by atoms with Crippen molar-refractivity contribution in [1.82, 2.24) is 0 Å². The van der Waals surface area contributed by atoms with Crippen molar-refractivity contribution >= 4 is 11.9 Å². The Labute approximate surface area is 137 Å². The van der Waals surface area contributed by atoms with Crippen LogP contribution in [0, 0.1) is 59.2 Å². The summed E-state index contributed by atoms with van der Waals surface area (Å²) in [6.07, 6.45) is 3.31. The van der Waals surface area contributed by atoms with Gasteiger partial charge >= 0.3 is 11.9 Å². The van der Waals surface area contributed by atoms with E-state index in [9.17, 15) is 14.7 Å². The third kappa shape index (κ3) is 1.57. The molecule has 4 bridgehead atoms. The minimum Gasteiger partial charge on any atom is -0.393 e. The molecule has 1 saturated heterocycles. The molecule has 0 amide bonds. The minimum absolute atomic E-state index is 0.252. The van der Waals surface area contributed by atoms with Gasteiger partial charge in [-0.2, -0.15) is 0 Å². The number of hydrogen-bond acceptors (Lipinski definition) is 4. The van der Waals surface area contributed by atoms with Crippen LogP contribution >= 0.6 is 0 Å². The Morgan fingerprint density at radius 1 is 1.04 bits per heavy atom. The molecule has 4 aliphatic carbocycles. The minimum atomic E-state index is -0.526. The highest BCUT2D eigenvalue weighted by atomic mass is 16.6. The van der Waals surface area contributed by atoms with Crippen molar-refractivity contribution in [3.05, 3.63) is 0 Å². The second-order valence-electron chi connectivity index (χ2n) is 9.37. The Morgan fingerprint density at radius 3 is 2.43 bits per heavy atom. The van der Waals surface area contributed by atoms with Gasteiger partial charge in [-0.15, -0.1) is 0 Å². The Kier molecular flexibility index (Phi) is 2.63. The number of carbonyl (C=O) groups excluding carboxylic acids is 2. The van der Waals surface area contributed by atoms with E-state index in [-0.39, 0.29) is 29.7 Å². The molecular formula is C19H26O4. The van der Waals surface area contributed by atoms with Crippen molar-refractivity contribution < 1.29 is 19.4 Å². The van der Waals surface area contributed by atoms with Crippen molar-refractivity contribution in [3.63, 3.8) is 0 Å². The van der Waals surface area contributed by atoms with Gasteiger partial charge in [0.1, 0.15) is 0 Å². The van der Waals surface area contributed by atoms with Crippen LogP contribution in [0.3, 0.4) is 0 Å². The van der Waals surface area contributed by atoms with Gasteiger partial charge in [0.15, 0.2) is 0 Å². The van der Waals surface area contributed by atoms with Crippen LogP contribution in [-0.4, -0.2) is 22.6 Å². The van der Waals surface area contributed by atoms with E-state index in [1.54, 1.807) is 0 Å². The lowest BCUT2D eigenvalue weighted by molar-refractivity contribution is -0.154. The normalized spacial score (nSPS) is 63.0. The first-order chi connectivity index (χ1) is 10.8. The van der Waals surface area contributed by atoms with Crippen LogP contribution in [0.1, 0.15) is 40.0 Å². The number of carbonyl (C=O) groups is 2. The summed E-state index contributed by atoms with van der Waals surface area (Å²) in [5, 5.41) is 10.8. The van der Waals surface area contributed by atoms with Crippen LogP contribution in [0.5, 0.6) is 0 Å². The molecule has 126 valence electrons. The van der Waals surface area contributed by atoms with Gasteiger partial charge < -0.3 is 9.84 Å². The molecule has 5 aliphatic rings. The SMILES string of the molecule is CC1C(=O)OC(=O)C1C1C(C)C2CC1C1C2C2CC1C(C)(O)C2. The largest absolute Gasteiger partial charge is 0.393 e. The first-order valence-corrected chi connectivity index (χ1v) is 9.29. The second kappa shape index (κ2) is 4.19. The van der Waals surface area contributed by atoms with E-state index in [0.717, 1.165) is 12.3 Å². The smallest absolute Gasteiger partial charge is 0.317 e. The first kappa shape index (κ1) is 14.4. The predicted octanol–water partition coefficient (Wildman–Crippen LogP) is 2.25. The van der Waals surface area contributed by atoms with Crippen molar-refractivity contribution in [2.45, 2.75) is 45.6 Å². The van der Waals surface area contributed by atoms with E-state index in [1.165, 1.54) is 12.8 Å². The van der Waals surface area contributed by atoms with Crippen molar-refractivity contribution in [1.29, 1.82) is 0 Å². The van der Waals surface area contributed by atoms with Crippen molar-refractivity contribution in [3.8, 4) is 0 Å². The van der Waals surface area contributed by atoms with Crippen LogP contribution in [0.25, 0.3) is 0 Å². The molecule has 1 aliphatic heterocycles. The van der Waals surface area contributed by atoms with Crippen molar-refractivity contribution in [2.24, 2.45) is 59.2 Å². The molecule has 0 spiro atoms. The zero-order valence-corrected chi connectivity index (χ0v) is 14.1. The third-order valence-corrected chi connectivity index (χ3v) is 8.59. The molecule has 11 unspecified atom stereocenters. The van der Waals surface area contributed by atoms with Crippen LogP contribution in [0.2, 0.25) is 0 Å². The summed E-state index contributed by atoms with van der Waals surface area (Å²) in [7, 11) is 0. The number of cyclic esters (lactones) is 2. The zero-order valence-electron chi connectivity index (χ0n) is 14.1. The standard InChI is InChI=1S/C19H26O4/c1-7-10-5-11(13(7)14-8(2)17(20)23-18(14)21)16-12-4-9(15(10)16)6-19(12,3)22/h7-16,22H,4-6H2,1-3H3. The topological polar surface area (TPSA) is 63.6 Å². The lowest BCUT2D eigenvalue weighted by atomic mass is 9.58. The average molecular weight is 318 g/mol. The van der Waals surface area contributed by atoms with E-state index < -0.39 is 5.60 Å². The van der Waals surface area contributed by atoms with E-state index >= 15 is 0 Å². The molecule has 5 fully saturated rings. The monoisotopic (exact) mass is 318 g/mol. The fourth-order valence-electron chi connectivity index (χ4n) is 7.99. The Morgan fingerprint density at radius 2 is 1.78 bits per heavy atom. The maximum atomic E-state index is 12.3. The Balaban J connectivity index is 1.50. The zero-order chi connectivity index (χ0) is 16.3. The van der Waals surface area contributed by atoms with E-state index in [1.807, 2.05) is 13.8 Å². The quantitative estimate of drug-likeness (QED) is 0.457. The summed E-state index contributed by atoms with van der Waals surface area (Å²) in [4.78, 5) is 24.1. The maximum absolute atomic E-state index is 12.3. The van der Waals surface area contributed by atoms with Gasteiger partial charge in [0.25, 0.3) is 0 Å². The fourth-order valence-corrected chi connectivity index (χ4v) is 7.99. The Bertz CT molecular complexity index is 596. The molecule has 4 heteroatoms. The molecule has 0 aromatic heterocycles. The van der Waals surface area contributed by atoms with Crippen LogP contribution in [-0.2, 0) is 14.3 Å². The Hall–Kier alpha value is -0.900. The molecule has 4 saturated carbocycles. The molecule has 11 atom stereocenters. The van der Waals surface area contributed by atoms with E-state index in [2.05, 4.69) is 6.92 Å². The number of hydrogen-bond donors (Lipinski definition) is 1. The summed E-state index contributed by atoms with van der Waals surface area (Å²) in [5.74, 6) is 3.13. The van der Waals surface area contributed by atoms with E-state index in [4.69, 9.17) is 4.74 Å². The first-order valence-electron chi connectivity index (χ1n) is 9.29. The van der Waals surface area contributed by atoms with Gasteiger partial charge in [-0.3, -0.25) is 9.59 Å². The molecule has 0 aromatic carbocycles. The number of aliphatic hydroxyl groups is 1. The van der Waals surface area contributed by atoms with Gasteiger partial charge in [0, 0.05) is 0 Å². The van der Waals surface area contributed by atoms with Crippen LogP contribution < -0.4 is 0 Å².